The molecule has 2 aromatic rings. The number of rotatable bonds is 6. The second-order valence-corrected chi connectivity index (χ2v) is 7.48. The van der Waals surface area contributed by atoms with Gasteiger partial charge < -0.3 is 15.5 Å². The third kappa shape index (κ3) is 6.04. The van der Waals surface area contributed by atoms with Gasteiger partial charge in [-0.3, -0.25) is 4.79 Å². The number of carbonyl (C=O) groups is 2. The Balaban J connectivity index is 1.45. The van der Waals surface area contributed by atoms with Crippen LogP contribution in [0.4, 0.5) is 9.18 Å². The molecule has 1 saturated heterocycles. The van der Waals surface area contributed by atoms with Crippen molar-refractivity contribution in [3.05, 3.63) is 71.0 Å². The van der Waals surface area contributed by atoms with E-state index in [1.807, 2.05) is 36.1 Å². The molecule has 0 radical (unpaired) electrons. The molecular formula is C23H28FN3O2. The van der Waals surface area contributed by atoms with Crippen molar-refractivity contribution in [2.75, 3.05) is 19.6 Å². The summed E-state index contributed by atoms with van der Waals surface area (Å²) in [5, 5.41) is 5.71. The van der Waals surface area contributed by atoms with Crippen LogP contribution in [0.2, 0.25) is 0 Å². The molecule has 1 heterocycles. The predicted octanol–water partition coefficient (Wildman–Crippen LogP) is 3.74. The standard InChI is InChI=1S/C23H28FN3O2/c1-2-25-23(29)27-13-11-18(12-14-27)15-17-3-7-20(8-4-17)22(28)26-16-19-5-9-21(24)10-6-19/h3-10,18H,2,11-16H2,1H3,(H,25,29)(H,26,28). The maximum Gasteiger partial charge on any atom is 0.317 e. The first-order chi connectivity index (χ1) is 14.0. The van der Waals surface area contributed by atoms with Crippen molar-refractivity contribution in [1.82, 2.24) is 15.5 Å². The van der Waals surface area contributed by atoms with Crippen LogP contribution in [0, 0.1) is 11.7 Å². The second kappa shape index (κ2) is 10.0. The highest BCUT2D eigenvalue weighted by molar-refractivity contribution is 5.94. The fourth-order valence-corrected chi connectivity index (χ4v) is 3.62. The number of halogens is 1. The molecule has 0 bridgehead atoms. The molecule has 2 aromatic carbocycles. The van der Waals surface area contributed by atoms with E-state index in [1.54, 1.807) is 12.1 Å². The summed E-state index contributed by atoms with van der Waals surface area (Å²) in [4.78, 5) is 26.1. The SMILES string of the molecule is CCNC(=O)N1CCC(Cc2ccc(C(=O)NCc3ccc(F)cc3)cc2)CC1. The van der Waals surface area contributed by atoms with E-state index < -0.39 is 0 Å². The Hall–Kier alpha value is -2.89. The van der Waals surface area contributed by atoms with Crippen LogP contribution in [0.25, 0.3) is 0 Å². The summed E-state index contributed by atoms with van der Waals surface area (Å²) in [6.45, 7) is 4.53. The van der Waals surface area contributed by atoms with Gasteiger partial charge in [-0.15, -0.1) is 0 Å². The Morgan fingerprint density at radius 1 is 0.966 bits per heavy atom. The predicted molar refractivity (Wildman–Crippen MR) is 111 cm³/mol. The van der Waals surface area contributed by atoms with E-state index in [1.165, 1.54) is 17.7 Å². The maximum absolute atomic E-state index is 12.9. The number of carbonyl (C=O) groups excluding carboxylic acids is 2. The van der Waals surface area contributed by atoms with Crippen LogP contribution in [-0.4, -0.2) is 36.5 Å². The van der Waals surface area contributed by atoms with E-state index >= 15 is 0 Å². The Morgan fingerprint density at radius 3 is 2.21 bits per heavy atom. The fraction of sp³-hybridized carbons (Fsp3) is 0.391. The number of likely N-dealkylation sites (tertiary alicyclic amines) is 1. The summed E-state index contributed by atoms with van der Waals surface area (Å²) in [5.41, 5.74) is 2.67. The van der Waals surface area contributed by atoms with Crippen LogP contribution >= 0.6 is 0 Å². The molecule has 1 fully saturated rings. The van der Waals surface area contributed by atoms with Gasteiger partial charge in [-0.05, 0) is 67.5 Å². The van der Waals surface area contributed by atoms with Crippen molar-refractivity contribution in [2.45, 2.75) is 32.7 Å². The molecule has 2 N–H and O–H groups in total. The Morgan fingerprint density at radius 2 is 1.59 bits per heavy atom. The van der Waals surface area contributed by atoms with Gasteiger partial charge in [-0.2, -0.15) is 0 Å². The zero-order valence-corrected chi connectivity index (χ0v) is 16.8. The van der Waals surface area contributed by atoms with E-state index in [-0.39, 0.29) is 17.8 Å². The molecule has 3 rings (SSSR count). The molecule has 0 aromatic heterocycles. The van der Waals surface area contributed by atoms with Gasteiger partial charge in [0, 0.05) is 31.7 Å². The topological polar surface area (TPSA) is 61.4 Å². The van der Waals surface area contributed by atoms with Crippen molar-refractivity contribution < 1.29 is 14.0 Å². The molecule has 1 aliphatic heterocycles. The number of hydrogen-bond acceptors (Lipinski definition) is 2. The van der Waals surface area contributed by atoms with Crippen LogP contribution in [0.3, 0.4) is 0 Å². The van der Waals surface area contributed by atoms with Crippen LogP contribution in [0.1, 0.15) is 41.3 Å². The first kappa shape index (κ1) is 20.8. The van der Waals surface area contributed by atoms with Crippen LogP contribution < -0.4 is 10.6 Å². The molecule has 29 heavy (non-hydrogen) atoms. The summed E-state index contributed by atoms with van der Waals surface area (Å²) in [6, 6.07) is 13.8. The van der Waals surface area contributed by atoms with Gasteiger partial charge in [-0.25, -0.2) is 9.18 Å². The number of piperidine rings is 1. The number of nitrogens with zero attached hydrogens (tertiary/aromatic N) is 1. The highest BCUT2D eigenvalue weighted by atomic mass is 19.1. The number of amides is 3. The van der Waals surface area contributed by atoms with Crippen molar-refractivity contribution in [2.24, 2.45) is 5.92 Å². The minimum Gasteiger partial charge on any atom is -0.348 e. The van der Waals surface area contributed by atoms with Crippen LogP contribution in [0.15, 0.2) is 48.5 Å². The molecular weight excluding hydrogens is 369 g/mol. The van der Waals surface area contributed by atoms with Gasteiger partial charge >= 0.3 is 6.03 Å². The summed E-state index contributed by atoms with van der Waals surface area (Å²) in [5.74, 6) is 0.125. The normalized spacial score (nSPS) is 14.5. The van der Waals surface area contributed by atoms with Gasteiger partial charge in [0.1, 0.15) is 5.82 Å². The molecule has 6 heteroatoms. The fourth-order valence-electron chi connectivity index (χ4n) is 3.62. The van der Waals surface area contributed by atoms with E-state index in [4.69, 9.17) is 0 Å². The molecule has 1 aliphatic rings. The summed E-state index contributed by atoms with van der Waals surface area (Å²) in [6.07, 6.45) is 2.95. The summed E-state index contributed by atoms with van der Waals surface area (Å²) in [7, 11) is 0. The lowest BCUT2D eigenvalue weighted by Crippen LogP contribution is -2.44. The minimum atomic E-state index is -0.287. The highest BCUT2D eigenvalue weighted by Crippen LogP contribution is 2.22. The van der Waals surface area contributed by atoms with Gasteiger partial charge in [-0.1, -0.05) is 24.3 Å². The molecule has 0 atom stereocenters. The quantitative estimate of drug-likeness (QED) is 0.780. The number of nitrogens with one attached hydrogen (secondary N) is 2. The largest absolute Gasteiger partial charge is 0.348 e. The third-order valence-corrected chi connectivity index (χ3v) is 5.34. The van der Waals surface area contributed by atoms with E-state index in [0.717, 1.165) is 37.9 Å². The zero-order chi connectivity index (χ0) is 20.6. The first-order valence-electron chi connectivity index (χ1n) is 10.2. The van der Waals surface area contributed by atoms with Crippen molar-refractivity contribution in [3.63, 3.8) is 0 Å². The van der Waals surface area contributed by atoms with E-state index in [2.05, 4.69) is 10.6 Å². The lowest BCUT2D eigenvalue weighted by atomic mass is 9.90. The second-order valence-electron chi connectivity index (χ2n) is 7.48. The van der Waals surface area contributed by atoms with Crippen LogP contribution in [-0.2, 0) is 13.0 Å². The molecule has 0 saturated carbocycles. The lowest BCUT2D eigenvalue weighted by molar-refractivity contribution is 0.0951. The lowest BCUT2D eigenvalue weighted by Gasteiger charge is -2.32. The van der Waals surface area contributed by atoms with Gasteiger partial charge in [0.25, 0.3) is 5.91 Å². The average Bonchev–Trinajstić information content (AvgIpc) is 2.74. The third-order valence-electron chi connectivity index (χ3n) is 5.34. The van der Waals surface area contributed by atoms with E-state index in [9.17, 15) is 14.0 Å². The Bertz CT molecular complexity index is 813. The molecule has 5 nitrogen and oxygen atoms in total. The molecule has 154 valence electrons. The average molecular weight is 397 g/mol. The Labute approximate surface area is 171 Å². The van der Waals surface area contributed by atoms with Crippen LogP contribution in [0.5, 0.6) is 0 Å². The molecule has 0 spiro atoms. The monoisotopic (exact) mass is 397 g/mol. The first-order valence-corrected chi connectivity index (χ1v) is 10.2. The van der Waals surface area contributed by atoms with Crippen molar-refractivity contribution in [1.29, 1.82) is 0 Å². The number of benzene rings is 2. The number of urea groups is 1. The summed E-state index contributed by atoms with van der Waals surface area (Å²) < 4.78 is 12.9. The Kier molecular flexibility index (Phi) is 7.22. The number of hydrogen-bond donors (Lipinski definition) is 2. The van der Waals surface area contributed by atoms with Crippen molar-refractivity contribution >= 4 is 11.9 Å². The zero-order valence-electron chi connectivity index (χ0n) is 16.8. The van der Waals surface area contributed by atoms with Gasteiger partial charge in [0.15, 0.2) is 0 Å². The molecule has 0 aliphatic carbocycles. The van der Waals surface area contributed by atoms with E-state index in [0.29, 0.717) is 24.6 Å². The molecule has 0 unspecified atom stereocenters. The minimum absolute atomic E-state index is 0.0296. The van der Waals surface area contributed by atoms with Gasteiger partial charge in [0.2, 0.25) is 0 Å². The molecule has 3 amide bonds. The summed E-state index contributed by atoms with van der Waals surface area (Å²) >= 11 is 0. The maximum atomic E-state index is 12.9. The van der Waals surface area contributed by atoms with Crippen molar-refractivity contribution in [3.8, 4) is 0 Å². The highest BCUT2D eigenvalue weighted by Gasteiger charge is 2.22. The smallest absolute Gasteiger partial charge is 0.317 e. The van der Waals surface area contributed by atoms with Gasteiger partial charge in [0.05, 0.1) is 0 Å².